The van der Waals surface area contributed by atoms with Gasteiger partial charge in [0, 0.05) is 11.8 Å². The number of hydrogen-bond donors (Lipinski definition) is 2. The van der Waals surface area contributed by atoms with E-state index in [0.717, 1.165) is 16.4 Å². The second kappa shape index (κ2) is 5.28. The van der Waals surface area contributed by atoms with Crippen molar-refractivity contribution in [1.29, 1.82) is 0 Å². The van der Waals surface area contributed by atoms with Crippen LogP contribution < -0.4 is 0 Å². The molecule has 1 atom stereocenters. The van der Waals surface area contributed by atoms with Crippen molar-refractivity contribution in [3.63, 3.8) is 0 Å². The Kier molecular flexibility index (Phi) is 3.46. The van der Waals surface area contributed by atoms with Crippen LogP contribution in [-0.4, -0.2) is 42.9 Å². The average molecular weight is 306 g/mol. The lowest BCUT2D eigenvalue weighted by Gasteiger charge is -2.32. The summed E-state index contributed by atoms with van der Waals surface area (Å²) in [5.74, 6) is -1.24. The molecule has 0 aliphatic carbocycles. The first kappa shape index (κ1) is 13.7. The molecule has 1 unspecified atom stereocenters. The number of imidazole rings is 1. The fraction of sp³-hybridized carbons (Fsp3) is 0.385. The summed E-state index contributed by atoms with van der Waals surface area (Å²) in [5.41, 5.74) is 2.20. The third kappa shape index (κ3) is 2.66. The minimum absolute atomic E-state index is 0.123. The number of H-pyrrole nitrogens is 1. The molecule has 0 saturated carbocycles. The van der Waals surface area contributed by atoms with E-state index < -0.39 is 12.0 Å². The highest BCUT2D eigenvalue weighted by molar-refractivity contribution is 7.09. The highest BCUT2D eigenvalue weighted by Crippen LogP contribution is 2.22. The number of thiazole rings is 1. The fourth-order valence-corrected chi connectivity index (χ4v) is 3.08. The van der Waals surface area contributed by atoms with Gasteiger partial charge in [0.1, 0.15) is 6.04 Å². The van der Waals surface area contributed by atoms with Crippen molar-refractivity contribution in [2.24, 2.45) is 0 Å². The third-order valence-electron chi connectivity index (χ3n) is 3.50. The molecule has 21 heavy (non-hydrogen) atoms. The first-order valence-electron chi connectivity index (χ1n) is 6.49. The van der Waals surface area contributed by atoms with Crippen LogP contribution in [0.4, 0.5) is 0 Å². The van der Waals surface area contributed by atoms with Gasteiger partial charge in [-0.1, -0.05) is 0 Å². The van der Waals surface area contributed by atoms with Crippen LogP contribution in [0.25, 0.3) is 0 Å². The average Bonchev–Trinajstić information content (AvgIpc) is 3.05. The van der Waals surface area contributed by atoms with E-state index in [0.29, 0.717) is 5.69 Å². The number of aliphatic carboxylic acids is 1. The van der Waals surface area contributed by atoms with Crippen LogP contribution in [0.15, 0.2) is 11.7 Å². The van der Waals surface area contributed by atoms with Crippen molar-refractivity contribution >= 4 is 23.2 Å². The Bertz CT molecular complexity index is 693. The van der Waals surface area contributed by atoms with Gasteiger partial charge in [-0.05, 0) is 6.92 Å². The number of aromatic amines is 1. The van der Waals surface area contributed by atoms with Crippen molar-refractivity contribution in [1.82, 2.24) is 19.9 Å². The number of nitrogens with one attached hydrogen (secondary N) is 1. The monoisotopic (exact) mass is 306 g/mol. The van der Waals surface area contributed by atoms with Crippen LogP contribution in [0.1, 0.15) is 22.1 Å². The van der Waals surface area contributed by atoms with Gasteiger partial charge in [-0.15, -0.1) is 11.3 Å². The number of aromatic nitrogens is 3. The van der Waals surface area contributed by atoms with Crippen LogP contribution in [0.3, 0.4) is 0 Å². The largest absolute Gasteiger partial charge is 0.480 e. The smallest absolute Gasteiger partial charge is 0.326 e. The molecule has 0 spiro atoms. The van der Waals surface area contributed by atoms with E-state index in [1.54, 1.807) is 0 Å². The van der Waals surface area contributed by atoms with Crippen molar-refractivity contribution in [3.05, 3.63) is 33.8 Å². The summed E-state index contributed by atoms with van der Waals surface area (Å²) in [5, 5.41) is 12.1. The van der Waals surface area contributed by atoms with Crippen molar-refractivity contribution in [2.75, 3.05) is 0 Å². The van der Waals surface area contributed by atoms with Gasteiger partial charge in [-0.25, -0.2) is 14.8 Å². The predicted octanol–water partition coefficient (Wildman–Crippen LogP) is 0.755. The third-order valence-corrected chi connectivity index (χ3v) is 4.33. The zero-order valence-corrected chi connectivity index (χ0v) is 12.2. The Morgan fingerprint density at radius 3 is 3.05 bits per heavy atom. The Morgan fingerprint density at radius 2 is 2.38 bits per heavy atom. The minimum Gasteiger partial charge on any atom is -0.480 e. The molecule has 110 valence electrons. The van der Waals surface area contributed by atoms with E-state index in [1.165, 1.54) is 22.6 Å². The number of hydrogen-bond acceptors (Lipinski definition) is 5. The summed E-state index contributed by atoms with van der Waals surface area (Å²) >= 11 is 1.48. The molecule has 1 aliphatic heterocycles. The van der Waals surface area contributed by atoms with Gasteiger partial charge in [0.2, 0.25) is 5.91 Å². The minimum atomic E-state index is -1.01. The molecule has 1 amide bonds. The Balaban J connectivity index is 1.81. The van der Waals surface area contributed by atoms with Gasteiger partial charge in [0.25, 0.3) is 0 Å². The maximum atomic E-state index is 12.4. The molecule has 2 aromatic heterocycles. The summed E-state index contributed by atoms with van der Waals surface area (Å²) < 4.78 is 0. The van der Waals surface area contributed by atoms with Crippen LogP contribution in [0.5, 0.6) is 0 Å². The van der Waals surface area contributed by atoms with Crippen LogP contribution in [-0.2, 0) is 29.0 Å². The van der Waals surface area contributed by atoms with E-state index in [2.05, 4.69) is 15.0 Å². The van der Waals surface area contributed by atoms with Crippen molar-refractivity contribution in [3.8, 4) is 0 Å². The summed E-state index contributed by atoms with van der Waals surface area (Å²) in [6.07, 6.45) is 1.88. The van der Waals surface area contributed by atoms with Crippen LogP contribution >= 0.6 is 11.3 Å². The Morgan fingerprint density at radius 1 is 1.57 bits per heavy atom. The SMILES string of the molecule is Cc1nc(CC(=O)N2Cc3[nH]cnc3CC2C(=O)O)cs1. The molecule has 0 aromatic carbocycles. The van der Waals surface area contributed by atoms with Gasteiger partial charge in [0.15, 0.2) is 0 Å². The molecule has 8 heteroatoms. The lowest BCUT2D eigenvalue weighted by molar-refractivity contribution is -0.151. The number of amides is 1. The molecule has 0 bridgehead atoms. The number of carbonyl (C=O) groups is 2. The summed E-state index contributed by atoms with van der Waals surface area (Å²) in [6.45, 7) is 2.12. The molecule has 0 radical (unpaired) electrons. The normalized spacial score (nSPS) is 17.6. The van der Waals surface area contributed by atoms with Crippen molar-refractivity contribution < 1.29 is 14.7 Å². The number of nitrogens with zero attached hydrogens (tertiary/aromatic N) is 3. The molecule has 2 aromatic rings. The van der Waals surface area contributed by atoms with E-state index >= 15 is 0 Å². The summed E-state index contributed by atoms with van der Waals surface area (Å²) in [6, 6.07) is -0.868. The quantitative estimate of drug-likeness (QED) is 0.872. The lowest BCUT2D eigenvalue weighted by atomic mass is 10.0. The fourth-order valence-electron chi connectivity index (χ4n) is 2.46. The number of carboxylic acids is 1. The maximum absolute atomic E-state index is 12.4. The first-order chi connectivity index (χ1) is 10.0. The molecule has 0 fully saturated rings. The lowest BCUT2D eigenvalue weighted by Crippen LogP contribution is -2.49. The van der Waals surface area contributed by atoms with Gasteiger partial charge in [0.05, 0.1) is 41.4 Å². The van der Waals surface area contributed by atoms with Crippen LogP contribution in [0, 0.1) is 6.92 Å². The van der Waals surface area contributed by atoms with Gasteiger partial charge in [-0.3, -0.25) is 4.79 Å². The highest BCUT2D eigenvalue weighted by atomic mass is 32.1. The molecular formula is C13H14N4O3S. The summed E-state index contributed by atoms with van der Waals surface area (Å²) in [7, 11) is 0. The number of rotatable bonds is 3. The van der Waals surface area contributed by atoms with Gasteiger partial charge < -0.3 is 15.0 Å². The molecule has 3 heterocycles. The molecule has 0 saturated heterocycles. The second-order valence-electron chi connectivity index (χ2n) is 4.94. The maximum Gasteiger partial charge on any atom is 0.326 e. The predicted molar refractivity (Wildman–Crippen MR) is 74.8 cm³/mol. The first-order valence-corrected chi connectivity index (χ1v) is 7.37. The van der Waals surface area contributed by atoms with Crippen molar-refractivity contribution in [2.45, 2.75) is 32.4 Å². The summed E-state index contributed by atoms with van der Waals surface area (Å²) in [4.78, 5) is 36.5. The molecule has 7 nitrogen and oxygen atoms in total. The van der Waals surface area contributed by atoms with E-state index in [1.807, 2.05) is 12.3 Å². The number of carboxylic acid groups (broad SMARTS) is 1. The van der Waals surface area contributed by atoms with E-state index in [-0.39, 0.29) is 25.3 Å². The van der Waals surface area contributed by atoms with E-state index in [4.69, 9.17) is 0 Å². The molecule has 1 aliphatic rings. The van der Waals surface area contributed by atoms with Gasteiger partial charge >= 0.3 is 5.97 Å². The van der Waals surface area contributed by atoms with E-state index in [9.17, 15) is 14.7 Å². The zero-order chi connectivity index (χ0) is 15.0. The molecule has 3 rings (SSSR count). The molecule has 2 N–H and O–H groups in total. The van der Waals surface area contributed by atoms with Gasteiger partial charge in [-0.2, -0.15) is 0 Å². The number of carbonyl (C=O) groups excluding carboxylic acids is 1. The Hall–Kier alpha value is -2.22. The highest BCUT2D eigenvalue weighted by Gasteiger charge is 2.35. The Labute approximate surface area is 124 Å². The standard InChI is InChI=1S/C13H14N4O3S/c1-7-16-8(5-21-7)2-12(18)17-4-10-9(14-6-15-10)3-11(17)13(19)20/h5-6,11H,2-4H2,1H3,(H,14,15)(H,19,20). The number of aryl methyl sites for hydroxylation is 1. The zero-order valence-electron chi connectivity index (χ0n) is 11.4. The second-order valence-corrected chi connectivity index (χ2v) is 6.00. The van der Waals surface area contributed by atoms with Crippen LogP contribution in [0.2, 0.25) is 0 Å². The number of fused-ring (bicyclic) bond motifs is 1. The topological polar surface area (TPSA) is 99.2 Å². The molecular weight excluding hydrogens is 292 g/mol.